The van der Waals surface area contributed by atoms with Gasteiger partial charge in [0.2, 0.25) is 0 Å². The minimum atomic E-state index is -3.26. The molecule has 0 saturated carbocycles. The number of hydrogen-bond donors (Lipinski definition) is 1. The fourth-order valence-corrected chi connectivity index (χ4v) is 7.27. The highest BCUT2D eigenvalue weighted by Crippen LogP contribution is 2.48. The number of rotatable bonds is 4. The predicted molar refractivity (Wildman–Crippen MR) is 130 cm³/mol. The van der Waals surface area contributed by atoms with E-state index in [2.05, 4.69) is 0 Å². The summed E-state index contributed by atoms with van der Waals surface area (Å²) in [4.78, 5) is 0. The Hall–Kier alpha value is -3.61. The molecule has 0 radical (unpaired) electrons. The van der Waals surface area contributed by atoms with Gasteiger partial charge in [-0.15, -0.1) is 0 Å². The standard InChI is InChI=1S/C28H21O2P/c29-27-20-26(21-12-4-1-5-13-21)28(25-19-11-10-18-24(25)27)31(30,22-14-6-2-7-15-22)23-16-8-3-9-17-23/h1-20,29H. The Balaban J connectivity index is 1.98. The normalized spacial score (nSPS) is 11.5. The van der Waals surface area contributed by atoms with Crippen molar-refractivity contribution >= 4 is 33.8 Å². The molecule has 5 aromatic rings. The van der Waals surface area contributed by atoms with Crippen molar-refractivity contribution in [1.29, 1.82) is 0 Å². The first kappa shape index (κ1) is 19.4. The van der Waals surface area contributed by atoms with Crippen molar-refractivity contribution in [3.8, 4) is 16.9 Å². The molecule has 0 fully saturated rings. The lowest BCUT2D eigenvalue weighted by Gasteiger charge is -2.25. The van der Waals surface area contributed by atoms with Crippen LogP contribution in [0.15, 0.2) is 121 Å². The monoisotopic (exact) mass is 420 g/mol. The molecule has 0 spiro atoms. The van der Waals surface area contributed by atoms with Gasteiger partial charge >= 0.3 is 0 Å². The van der Waals surface area contributed by atoms with Crippen LogP contribution in [-0.4, -0.2) is 5.11 Å². The molecule has 0 aromatic heterocycles. The molecule has 0 saturated heterocycles. The maximum absolute atomic E-state index is 15.3. The first-order chi connectivity index (χ1) is 15.2. The number of fused-ring (bicyclic) bond motifs is 1. The smallest absolute Gasteiger partial charge is 0.172 e. The van der Waals surface area contributed by atoms with Crippen LogP contribution < -0.4 is 15.9 Å². The van der Waals surface area contributed by atoms with Gasteiger partial charge in [0.25, 0.3) is 0 Å². The average Bonchev–Trinajstić information content (AvgIpc) is 2.85. The molecule has 31 heavy (non-hydrogen) atoms. The Bertz CT molecular complexity index is 1350. The van der Waals surface area contributed by atoms with Gasteiger partial charge in [0.15, 0.2) is 7.14 Å². The van der Waals surface area contributed by atoms with Crippen LogP contribution in [0, 0.1) is 0 Å². The fraction of sp³-hybridized carbons (Fsp3) is 0. The van der Waals surface area contributed by atoms with Crippen molar-refractivity contribution in [1.82, 2.24) is 0 Å². The van der Waals surface area contributed by atoms with Crippen molar-refractivity contribution in [3.05, 3.63) is 121 Å². The number of phenols is 1. The molecule has 0 aliphatic rings. The van der Waals surface area contributed by atoms with Gasteiger partial charge < -0.3 is 9.67 Å². The molecule has 0 aliphatic carbocycles. The average molecular weight is 420 g/mol. The summed E-state index contributed by atoms with van der Waals surface area (Å²) in [5.41, 5.74) is 1.71. The lowest BCUT2D eigenvalue weighted by molar-refractivity contribution is 0.482. The molecule has 0 unspecified atom stereocenters. The molecular weight excluding hydrogens is 399 g/mol. The Kier molecular flexibility index (Phi) is 4.94. The van der Waals surface area contributed by atoms with E-state index in [1.54, 1.807) is 6.07 Å². The van der Waals surface area contributed by atoms with Gasteiger partial charge in [-0.1, -0.05) is 115 Å². The molecule has 0 bridgehead atoms. The molecule has 5 aromatic carbocycles. The summed E-state index contributed by atoms with van der Waals surface area (Å²) in [5, 5.41) is 14.7. The van der Waals surface area contributed by atoms with Gasteiger partial charge in [0.1, 0.15) is 5.75 Å². The molecule has 150 valence electrons. The Labute approximate surface area is 181 Å². The van der Waals surface area contributed by atoms with Gasteiger partial charge in [-0.3, -0.25) is 0 Å². The summed E-state index contributed by atoms with van der Waals surface area (Å²) in [6.45, 7) is 0. The third-order valence-corrected chi connectivity index (χ3v) is 8.80. The highest BCUT2D eigenvalue weighted by Gasteiger charge is 2.34. The first-order valence-electron chi connectivity index (χ1n) is 10.2. The lowest BCUT2D eigenvalue weighted by atomic mass is 10.00. The SMILES string of the molecule is O=P(c1ccccc1)(c1ccccc1)c1c(-c2ccccc2)cc(O)c2ccccc12. The van der Waals surface area contributed by atoms with Gasteiger partial charge in [0.05, 0.1) is 0 Å². The van der Waals surface area contributed by atoms with E-state index in [1.165, 1.54) is 0 Å². The summed E-state index contributed by atoms with van der Waals surface area (Å²) < 4.78 is 15.3. The molecule has 1 N–H and O–H groups in total. The van der Waals surface area contributed by atoms with Crippen molar-refractivity contribution in [2.75, 3.05) is 0 Å². The van der Waals surface area contributed by atoms with Crippen LogP contribution in [0.3, 0.4) is 0 Å². The summed E-state index contributed by atoms with van der Waals surface area (Å²) >= 11 is 0. The second-order valence-electron chi connectivity index (χ2n) is 7.48. The number of phenolic OH excluding ortho intramolecular Hbond substituents is 1. The van der Waals surface area contributed by atoms with E-state index in [4.69, 9.17) is 0 Å². The van der Waals surface area contributed by atoms with Crippen LogP contribution in [0.2, 0.25) is 0 Å². The number of aromatic hydroxyl groups is 1. The molecule has 0 aliphatic heterocycles. The number of hydrogen-bond acceptors (Lipinski definition) is 2. The maximum atomic E-state index is 15.3. The Morgan fingerprint density at radius 2 is 1.00 bits per heavy atom. The van der Waals surface area contributed by atoms with Crippen LogP contribution in [-0.2, 0) is 4.57 Å². The third kappa shape index (κ3) is 3.26. The van der Waals surface area contributed by atoms with E-state index >= 15 is 4.57 Å². The van der Waals surface area contributed by atoms with E-state index in [-0.39, 0.29) is 5.75 Å². The van der Waals surface area contributed by atoms with Crippen LogP contribution in [0.25, 0.3) is 21.9 Å². The highest BCUT2D eigenvalue weighted by molar-refractivity contribution is 7.86. The maximum Gasteiger partial charge on any atom is 0.172 e. The van der Waals surface area contributed by atoms with Crippen LogP contribution in [0.4, 0.5) is 0 Å². The van der Waals surface area contributed by atoms with E-state index in [9.17, 15) is 5.11 Å². The minimum Gasteiger partial charge on any atom is -0.507 e. The number of benzene rings is 5. The molecule has 0 heterocycles. The van der Waals surface area contributed by atoms with E-state index in [0.29, 0.717) is 5.39 Å². The van der Waals surface area contributed by atoms with E-state index in [0.717, 1.165) is 32.4 Å². The summed E-state index contributed by atoms with van der Waals surface area (Å²) in [5.74, 6) is 0.186. The zero-order chi connectivity index (χ0) is 21.3. The molecule has 0 atom stereocenters. The van der Waals surface area contributed by atoms with Crippen molar-refractivity contribution in [2.45, 2.75) is 0 Å². The Morgan fingerprint density at radius 1 is 0.548 bits per heavy atom. The van der Waals surface area contributed by atoms with Crippen LogP contribution in [0.5, 0.6) is 5.75 Å². The summed E-state index contributed by atoms with van der Waals surface area (Å²) in [6.07, 6.45) is 0. The third-order valence-electron chi connectivity index (χ3n) is 5.63. The van der Waals surface area contributed by atoms with E-state index < -0.39 is 7.14 Å². The summed E-state index contributed by atoms with van der Waals surface area (Å²) in [7, 11) is -3.26. The van der Waals surface area contributed by atoms with Gasteiger partial charge in [-0.2, -0.15) is 0 Å². The quantitative estimate of drug-likeness (QED) is 0.370. The lowest BCUT2D eigenvalue weighted by Crippen LogP contribution is -2.27. The van der Waals surface area contributed by atoms with Gasteiger partial charge in [0, 0.05) is 21.3 Å². The van der Waals surface area contributed by atoms with E-state index in [1.807, 2.05) is 115 Å². The predicted octanol–water partition coefficient (Wildman–Crippen LogP) is 5.85. The summed E-state index contributed by atoms with van der Waals surface area (Å²) in [6, 6.07) is 38.6. The molecule has 3 heteroatoms. The molecule has 0 amide bonds. The molecule has 2 nitrogen and oxygen atoms in total. The Morgan fingerprint density at radius 3 is 1.55 bits per heavy atom. The fourth-order valence-electron chi connectivity index (χ4n) is 4.20. The second-order valence-corrected chi connectivity index (χ2v) is 10.2. The first-order valence-corrected chi connectivity index (χ1v) is 11.9. The largest absolute Gasteiger partial charge is 0.507 e. The second kappa shape index (κ2) is 7.91. The zero-order valence-corrected chi connectivity index (χ0v) is 17.7. The van der Waals surface area contributed by atoms with Gasteiger partial charge in [-0.05, 0) is 22.6 Å². The van der Waals surface area contributed by atoms with Crippen molar-refractivity contribution < 1.29 is 9.67 Å². The van der Waals surface area contributed by atoms with Crippen LogP contribution >= 0.6 is 7.14 Å². The zero-order valence-electron chi connectivity index (χ0n) is 16.8. The van der Waals surface area contributed by atoms with Crippen molar-refractivity contribution in [2.24, 2.45) is 0 Å². The molecular formula is C28H21O2P. The van der Waals surface area contributed by atoms with Gasteiger partial charge in [-0.25, -0.2) is 0 Å². The molecule has 5 rings (SSSR count). The minimum absolute atomic E-state index is 0.186. The highest BCUT2D eigenvalue weighted by atomic mass is 31.2. The van der Waals surface area contributed by atoms with Crippen LogP contribution in [0.1, 0.15) is 0 Å². The van der Waals surface area contributed by atoms with Crippen molar-refractivity contribution in [3.63, 3.8) is 0 Å². The topological polar surface area (TPSA) is 37.3 Å².